The van der Waals surface area contributed by atoms with E-state index in [2.05, 4.69) is 0 Å². The fourth-order valence-corrected chi connectivity index (χ4v) is 2.01. The first kappa shape index (κ1) is 13.7. The zero-order valence-electron chi connectivity index (χ0n) is 11.0. The first-order chi connectivity index (χ1) is 9.49. The fourth-order valence-electron chi connectivity index (χ4n) is 2.01. The number of carboxylic acid groups (broad SMARTS) is 1. The number of rotatable bonds is 4. The predicted octanol–water partition coefficient (Wildman–Crippen LogP) is 0.695. The number of carbonyl (C=O) groups excluding carboxylic acids is 1. The van der Waals surface area contributed by atoms with Gasteiger partial charge >= 0.3 is 5.97 Å². The molecule has 106 valence electrons. The van der Waals surface area contributed by atoms with Crippen LogP contribution >= 0.6 is 0 Å². The summed E-state index contributed by atoms with van der Waals surface area (Å²) in [5.74, 6) is -0.834. The van der Waals surface area contributed by atoms with Crippen molar-refractivity contribution in [2.45, 2.75) is 6.42 Å². The Morgan fingerprint density at radius 1 is 1.35 bits per heavy atom. The lowest BCUT2D eigenvalue weighted by Crippen LogP contribution is -2.29. The summed E-state index contributed by atoms with van der Waals surface area (Å²) < 4.78 is 10.3. The van der Waals surface area contributed by atoms with Crippen LogP contribution in [-0.4, -0.2) is 31.2 Å². The van der Waals surface area contributed by atoms with E-state index in [0.717, 1.165) is 4.90 Å². The van der Waals surface area contributed by atoms with Crippen molar-refractivity contribution in [1.82, 2.24) is 0 Å². The second-order valence-corrected chi connectivity index (χ2v) is 4.11. The van der Waals surface area contributed by atoms with E-state index in [1.165, 1.54) is 14.2 Å². The number of anilines is 1. The molecule has 0 aliphatic carbocycles. The van der Waals surface area contributed by atoms with Crippen molar-refractivity contribution in [1.29, 1.82) is 0 Å². The minimum absolute atomic E-state index is 0.103. The zero-order valence-corrected chi connectivity index (χ0v) is 11.0. The molecule has 0 aromatic heterocycles. The maximum atomic E-state index is 12.0. The number of carbonyl (C=O) groups is 2. The lowest BCUT2D eigenvalue weighted by atomic mass is 10.2. The molecule has 20 heavy (non-hydrogen) atoms. The van der Waals surface area contributed by atoms with Crippen molar-refractivity contribution in [3.05, 3.63) is 29.6 Å². The van der Waals surface area contributed by atoms with E-state index in [1.807, 2.05) is 0 Å². The lowest BCUT2D eigenvalue weighted by Gasteiger charge is -2.20. The highest BCUT2D eigenvalue weighted by Gasteiger charge is 2.34. The van der Waals surface area contributed by atoms with Crippen molar-refractivity contribution < 1.29 is 24.2 Å². The average molecular weight is 278 g/mol. The largest absolute Gasteiger partial charge is 0.497 e. The number of benzene rings is 1. The topological polar surface area (TPSA) is 102 Å². The van der Waals surface area contributed by atoms with Crippen LogP contribution < -0.4 is 20.1 Å². The van der Waals surface area contributed by atoms with Gasteiger partial charge in [-0.05, 0) is 12.1 Å². The lowest BCUT2D eigenvalue weighted by molar-refractivity contribution is -0.133. The van der Waals surface area contributed by atoms with Gasteiger partial charge in [0, 0.05) is 6.07 Å². The van der Waals surface area contributed by atoms with E-state index in [-0.39, 0.29) is 17.8 Å². The normalized spacial score (nSPS) is 14.7. The third-order valence-electron chi connectivity index (χ3n) is 3.01. The minimum Gasteiger partial charge on any atom is -0.497 e. The summed E-state index contributed by atoms with van der Waals surface area (Å²) in [6.07, 6.45) is -0.248. The van der Waals surface area contributed by atoms with E-state index >= 15 is 0 Å². The van der Waals surface area contributed by atoms with Crippen LogP contribution in [0, 0.1) is 0 Å². The Balaban J connectivity index is 2.55. The second-order valence-electron chi connectivity index (χ2n) is 4.11. The van der Waals surface area contributed by atoms with Crippen molar-refractivity contribution in [3.8, 4) is 11.5 Å². The number of amides is 1. The van der Waals surface area contributed by atoms with Crippen LogP contribution in [0.5, 0.6) is 11.5 Å². The van der Waals surface area contributed by atoms with Crippen LogP contribution in [0.1, 0.15) is 6.42 Å². The Kier molecular flexibility index (Phi) is 3.51. The molecule has 0 bridgehead atoms. The summed E-state index contributed by atoms with van der Waals surface area (Å²) in [7, 11) is 2.93. The molecular formula is C13H14N2O5. The number of aliphatic carboxylic acids is 1. The van der Waals surface area contributed by atoms with Gasteiger partial charge in [0.15, 0.2) is 0 Å². The number of nitrogens with two attached hydrogens (primary N) is 1. The SMILES string of the molecule is COc1ccc(OC)c(N2C(=O)CC(C(=O)O)=C2N)c1. The zero-order chi connectivity index (χ0) is 14.9. The van der Waals surface area contributed by atoms with E-state index in [1.54, 1.807) is 18.2 Å². The molecule has 0 radical (unpaired) electrons. The summed E-state index contributed by atoms with van der Waals surface area (Å²) in [6.45, 7) is 0. The predicted molar refractivity (Wildman–Crippen MR) is 70.5 cm³/mol. The molecular weight excluding hydrogens is 264 g/mol. The van der Waals surface area contributed by atoms with Crippen LogP contribution in [0.25, 0.3) is 0 Å². The summed E-state index contributed by atoms with van der Waals surface area (Å²) in [4.78, 5) is 24.2. The monoisotopic (exact) mass is 278 g/mol. The van der Waals surface area contributed by atoms with Crippen molar-refractivity contribution >= 4 is 17.6 Å². The number of hydrogen-bond acceptors (Lipinski definition) is 5. The molecule has 0 atom stereocenters. The average Bonchev–Trinajstić information content (AvgIpc) is 2.73. The van der Waals surface area contributed by atoms with Crippen LogP contribution in [0.2, 0.25) is 0 Å². The highest BCUT2D eigenvalue weighted by molar-refractivity contribution is 6.09. The number of ether oxygens (including phenoxy) is 2. The summed E-state index contributed by atoms with van der Waals surface area (Å²) >= 11 is 0. The molecule has 1 aliphatic heterocycles. The van der Waals surface area contributed by atoms with E-state index in [9.17, 15) is 9.59 Å². The Morgan fingerprint density at radius 2 is 2.05 bits per heavy atom. The van der Waals surface area contributed by atoms with E-state index in [4.69, 9.17) is 20.3 Å². The van der Waals surface area contributed by atoms with Gasteiger partial charge < -0.3 is 20.3 Å². The standard InChI is InChI=1S/C13H14N2O5/c1-19-7-3-4-10(20-2)9(5-7)15-11(16)6-8(12(15)14)13(17)18/h3-5H,6,14H2,1-2H3,(H,17,18). The molecule has 1 aromatic carbocycles. The van der Waals surface area contributed by atoms with Gasteiger partial charge in [-0.2, -0.15) is 0 Å². The molecule has 1 aromatic rings. The van der Waals surface area contributed by atoms with Gasteiger partial charge in [0.05, 0.1) is 31.9 Å². The van der Waals surface area contributed by atoms with Gasteiger partial charge in [-0.1, -0.05) is 0 Å². The first-order valence-electron chi connectivity index (χ1n) is 5.76. The Morgan fingerprint density at radius 3 is 2.55 bits per heavy atom. The smallest absolute Gasteiger partial charge is 0.335 e. The molecule has 0 saturated heterocycles. The van der Waals surface area contributed by atoms with Gasteiger partial charge in [0.1, 0.15) is 17.3 Å². The fraction of sp³-hybridized carbons (Fsp3) is 0.231. The van der Waals surface area contributed by atoms with Gasteiger partial charge in [-0.25, -0.2) is 4.79 Å². The number of hydrogen-bond donors (Lipinski definition) is 2. The quantitative estimate of drug-likeness (QED) is 0.840. The maximum Gasteiger partial charge on any atom is 0.335 e. The van der Waals surface area contributed by atoms with E-state index < -0.39 is 11.9 Å². The first-order valence-corrected chi connectivity index (χ1v) is 5.76. The Hall–Kier alpha value is -2.70. The highest BCUT2D eigenvalue weighted by atomic mass is 16.5. The highest BCUT2D eigenvalue weighted by Crippen LogP contribution is 2.37. The second kappa shape index (κ2) is 5.12. The maximum absolute atomic E-state index is 12.0. The van der Waals surface area contributed by atoms with Gasteiger partial charge in [0.25, 0.3) is 0 Å². The molecule has 1 heterocycles. The Labute approximate surface area is 115 Å². The molecule has 0 unspecified atom stereocenters. The number of carboxylic acids is 1. The van der Waals surface area contributed by atoms with Gasteiger partial charge in [-0.15, -0.1) is 0 Å². The third-order valence-corrected chi connectivity index (χ3v) is 3.01. The summed E-state index contributed by atoms with van der Waals surface area (Å²) in [5, 5.41) is 9.02. The molecule has 1 aliphatic rings. The molecule has 7 heteroatoms. The number of methoxy groups -OCH3 is 2. The van der Waals surface area contributed by atoms with Gasteiger partial charge in [-0.3, -0.25) is 9.69 Å². The molecule has 0 fully saturated rings. The van der Waals surface area contributed by atoms with Crippen LogP contribution in [0.15, 0.2) is 29.6 Å². The third kappa shape index (κ3) is 2.13. The van der Waals surface area contributed by atoms with Crippen LogP contribution in [0.3, 0.4) is 0 Å². The number of nitrogens with zero attached hydrogens (tertiary/aromatic N) is 1. The summed E-state index contributed by atoms with van der Waals surface area (Å²) in [6, 6.07) is 4.85. The summed E-state index contributed by atoms with van der Waals surface area (Å²) in [5.41, 5.74) is 6.00. The molecule has 7 nitrogen and oxygen atoms in total. The molecule has 3 N–H and O–H groups in total. The van der Waals surface area contributed by atoms with Crippen LogP contribution in [-0.2, 0) is 9.59 Å². The molecule has 0 saturated carbocycles. The van der Waals surface area contributed by atoms with Crippen molar-refractivity contribution in [2.24, 2.45) is 5.73 Å². The molecule has 2 rings (SSSR count). The minimum atomic E-state index is -1.21. The van der Waals surface area contributed by atoms with Crippen molar-refractivity contribution in [2.75, 3.05) is 19.1 Å². The molecule has 1 amide bonds. The Bertz CT molecular complexity index is 609. The van der Waals surface area contributed by atoms with Gasteiger partial charge in [0.2, 0.25) is 5.91 Å². The van der Waals surface area contributed by atoms with Crippen LogP contribution in [0.4, 0.5) is 5.69 Å². The van der Waals surface area contributed by atoms with Crippen molar-refractivity contribution in [3.63, 3.8) is 0 Å². The van der Waals surface area contributed by atoms with E-state index in [0.29, 0.717) is 17.2 Å². The molecule has 0 spiro atoms.